The van der Waals surface area contributed by atoms with E-state index >= 15 is 0 Å². The Bertz CT molecular complexity index is 799. The summed E-state index contributed by atoms with van der Waals surface area (Å²) in [5.74, 6) is -3.68. The van der Waals surface area contributed by atoms with Gasteiger partial charge in [-0.25, -0.2) is 13.2 Å². The van der Waals surface area contributed by atoms with Gasteiger partial charge >= 0.3 is 5.97 Å². The van der Waals surface area contributed by atoms with Crippen molar-refractivity contribution >= 4 is 29.3 Å². The summed E-state index contributed by atoms with van der Waals surface area (Å²) in [5.41, 5.74) is 0.673. The second kappa shape index (κ2) is 8.57. The van der Waals surface area contributed by atoms with E-state index in [0.29, 0.717) is 5.56 Å². The largest absolute Gasteiger partial charge is 0.455 e. The van der Waals surface area contributed by atoms with Crippen LogP contribution in [0.15, 0.2) is 41.3 Å². The first kappa shape index (κ1) is 18.9. The van der Waals surface area contributed by atoms with E-state index in [4.69, 9.17) is 4.74 Å². The monoisotopic (exact) mass is 369 g/mol. The molecule has 25 heavy (non-hydrogen) atoms. The summed E-state index contributed by atoms with van der Waals surface area (Å²) in [7, 11) is 0. The molecular formula is C17H14F3NO3S. The normalized spacial score (nSPS) is 10.4. The molecule has 0 heterocycles. The van der Waals surface area contributed by atoms with Crippen molar-refractivity contribution in [3.8, 4) is 0 Å². The first-order valence-corrected chi connectivity index (χ1v) is 8.13. The molecule has 1 amide bonds. The predicted octanol–water partition coefficient (Wildman–Crippen LogP) is 3.69. The molecule has 2 rings (SSSR count). The fourth-order valence-corrected chi connectivity index (χ4v) is 2.58. The molecule has 0 aliphatic carbocycles. The summed E-state index contributed by atoms with van der Waals surface area (Å²) in [4.78, 5) is 23.2. The Morgan fingerprint density at radius 3 is 2.56 bits per heavy atom. The fraction of sp³-hybridized carbons (Fsp3) is 0.176. The average molecular weight is 369 g/mol. The number of benzene rings is 2. The van der Waals surface area contributed by atoms with E-state index in [2.05, 4.69) is 5.32 Å². The fourth-order valence-electron chi connectivity index (χ4n) is 1.82. The second-order valence-electron chi connectivity index (χ2n) is 5.06. The number of aryl methyl sites for hydroxylation is 1. The van der Waals surface area contributed by atoms with Crippen molar-refractivity contribution in [3.63, 3.8) is 0 Å². The summed E-state index contributed by atoms with van der Waals surface area (Å²) in [6, 6.07) is 7.15. The lowest BCUT2D eigenvalue weighted by Gasteiger charge is -2.08. The van der Waals surface area contributed by atoms with E-state index in [1.54, 1.807) is 13.0 Å². The predicted molar refractivity (Wildman–Crippen MR) is 87.8 cm³/mol. The van der Waals surface area contributed by atoms with Gasteiger partial charge in [-0.15, -0.1) is 11.8 Å². The molecule has 0 aromatic heterocycles. The minimum Gasteiger partial charge on any atom is -0.455 e. The molecular weight excluding hydrogens is 355 g/mol. The van der Waals surface area contributed by atoms with E-state index in [0.717, 1.165) is 30.0 Å². The molecule has 132 valence electrons. The minimum absolute atomic E-state index is 0.0251. The zero-order chi connectivity index (χ0) is 18.4. The van der Waals surface area contributed by atoms with E-state index < -0.39 is 35.9 Å². The quantitative estimate of drug-likeness (QED) is 0.623. The van der Waals surface area contributed by atoms with Crippen LogP contribution in [0.1, 0.15) is 5.56 Å². The maximum atomic E-state index is 13.6. The average Bonchev–Trinajstić information content (AvgIpc) is 2.56. The molecule has 0 fully saturated rings. The number of halogens is 3. The van der Waals surface area contributed by atoms with Crippen LogP contribution < -0.4 is 5.32 Å². The molecule has 0 spiro atoms. The maximum absolute atomic E-state index is 13.6. The van der Waals surface area contributed by atoms with Crippen LogP contribution in [-0.4, -0.2) is 24.2 Å². The highest BCUT2D eigenvalue weighted by atomic mass is 32.2. The molecule has 0 atom stereocenters. The van der Waals surface area contributed by atoms with E-state index in [9.17, 15) is 22.8 Å². The Morgan fingerprint density at radius 1 is 1.08 bits per heavy atom. The van der Waals surface area contributed by atoms with Crippen LogP contribution in [0.2, 0.25) is 0 Å². The maximum Gasteiger partial charge on any atom is 0.316 e. The molecule has 2 aromatic rings. The highest BCUT2D eigenvalue weighted by Gasteiger charge is 2.12. The van der Waals surface area contributed by atoms with Crippen molar-refractivity contribution in [2.45, 2.75) is 11.8 Å². The Morgan fingerprint density at radius 2 is 1.84 bits per heavy atom. The van der Waals surface area contributed by atoms with Gasteiger partial charge in [0.2, 0.25) is 0 Å². The topological polar surface area (TPSA) is 55.4 Å². The van der Waals surface area contributed by atoms with Crippen LogP contribution in [0.4, 0.5) is 18.9 Å². The van der Waals surface area contributed by atoms with Gasteiger partial charge in [0.15, 0.2) is 6.61 Å². The van der Waals surface area contributed by atoms with Gasteiger partial charge in [-0.05, 0) is 42.8 Å². The number of hydrogen-bond acceptors (Lipinski definition) is 4. The molecule has 0 unspecified atom stereocenters. The van der Waals surface area contributed by atoms with Crippen LogP contribution in [0.3, 0.4) is 0 Å². The van der Waals surface area contributed by atoms with Crippen molar-refractivity contribution < 1.29 is 27.5 Å². The number of nitrogens with one attached hydrogen (secondary N) is 1. The number of hydrogen-bond donors (Lipinski definition) is 1. The number of carbonyl (C=O) groups is 2. The Balaban J connectivity index is 1.79. The van der Waals surface area contributed by atoms with Crippen molar-refractivity contribution in [2.75, 3.05) is 17.7 Å². The highest BCUT2D eigenvalue weighted by Crippen LogP contribution is 2.22. The molecule has 0 saturated heterocycles. The molecule has 0 aliphatic rings. The molecule has 1 N–H and O–H groups in total. The standard InChI is InChI=1S/C17H14F3NO3S/c1-10-2-5-14(13(20)6-10)21-16(22)8-24-17(23)9-25-15-7-11(18)3-4-12(15)19/h2-7H,8-9H2,1H3,(H,21,22). The first-order valence-electron chi connectivity index (χ1n) is 7.14. The zero-order valence-electron chi connectivity index (χ0n) is 13.1. The lowest BCUT2D eigenvalue weighted by molar-refractivity contribution is -0.144. The van der Waals surface area contributed by atoms with Gasteiger partial charge in [-0.3, -0.25) is 9.59 Å². The number of esters is 1. The zero-order valence-corrected chi connectivity index (χ0v) is 14.0. The van der Waals surface area contributed by atoms with Crippen LogP contribution in [-0.2, 0) is 14.3 Å². The lowest BCUT2D eigenvalue weighted by Crippen LogP contribution is -2.22. The van der Waals surface area contributed by atoms with E-state index in [1.807, 2.05) is 0 Å². The lowest BCUT2D eigenvalue weighted by atomic mass is 10.2. The van der Waals surface area contributed by atoms with Gasteiger partial charge in [0.1, 0.15) is 17.5 Å². The summed E-state index contributed by atoms with van der Waals surface area (Å²) in [6.07, 6.45) is 0. The van der Waals surface area contributed by atoms with E-state index in [-0.39, 0.29) is 16.3 Å². The number of thioether (sulfide) groups is 1. The van der Waals surface area contributed by atoms with Crippen LogP contribution in [0, 0.1) is 24.4 Å². The summed E-state index contributed by atoms with van der Waals surface area (Å²) >= 11 is 0.748. The number of amides is 1. The third kappa shape index (κ3) is 5.82. The SMILES string of the molecule is Cc1ccc(NC(=O)COC(=O)CSc2cc(F)ccc2F)c(F)c1. The first-order chi connectivity index (χ1) is 11.8. The van der Waals surface area contributed by atoms with Gasteiger partial charge in [0.25, 0.3) is 5.91 Å². The third-order valence-corrected chi connectivity index (χ3v) is 4.01. The molecule has 8 heteroatoms. The number of carbonyl (C=O) groups excluding carboxylic acids is 2. The second-order valence-corrected chi connectivity index (χ2v) is 6.07. The van der Waals surface area contributed by atoms with Crippen molar-refractivity contribution in [3.05, 3.63) is 59.4 Å². The molecule has 4 nitrogen and oxygen atoms in total. The molecule has 0 saturated carbocycles. The third-order valence-electron chi connectivity index (χ3n) is 3.00. The van der Waals surface area contributed by atoms with Crippen molar-refractivity contribution in [1.29, 1.82) is 0 Å². The number of rotatable bonds is 6. The van der Waals surface area contributed by atoms with Crippen LogP contribution >= 0.6 is 11.8 Å². The van der Waals surface area contributed by atoms with Crippen molar-refractivity contribution in [1.82, 2.24) is 0 Å². The minimum atomic E-state index is -0.784. The van der Waals surface area contributed by atoms with Gasteiger partial charge in [-0.2, -0.15) is 0 Å². The van der Waals surface area contributed by atoms with Crippen molar-refractivity contribution in [2.24, 2.45) is 0 Å². The van der Waals surface area contributed by atoms with Gasteiger partial charge in [-0.1, -0.05) is 6.07 Å². The number of anilines is 1. The van der Waals surface area contributed by atoms with Gasteiger partial charge < -0.3 is 10.1 Å². The van der Waals surface area contributed by atoms with Crippen LogP contribution in [0.25, 0.3) is 0 Å². The van der Waals surface area contributed by atoms with Gasteiger partial charge in [0, 0.05) is 4.90 Å². The van der Waals surface area contributed by atoms with Gasteiger partial charge in [0.05, 0.1) is 11.4 Å². The van der Waals surface area contributed by atoms with Crippen LogP contribution in [0.5, 0.6) is 0 Å². The molecule has 2 aromatic carbocycles. The summed E-state index contributed by atoms with van der Waals surface area (Å²) in [5, 5.41) is 2.28. The molecule has 0 bridgehead atoms. The Hall–Kier alpha value is -2.48. The smallest absolute Gasteiger partial charge is 0.316 e. The Kier molecular flexibility index (Phi) is 6.46. The highest BCUT2D eigenvalue weighted by molar-refractivity contribution is 8.00. The number of ether oxygens (including phenoxy) is 1. The Labute approximate surface area is 146 Å². The summed E-state index contributed by atoms with van der Waals surface area (Å²) < 4.78 is 44.7. The molecule has 0 radical (unpaired) electrons. The summed E-state index contributed by atoms with van der Waals surface area (Å²) in [6.45, 7) is 1.09. The molecule has 0 aliphatic heterocycles. The van der Waals surface area contributed by atoms with E-state index in [1.165, 1.54) is 12.1 Å².